The summed E-state index contributed by atoms with van der Waals surface area (Å²) in [6, 6.07) is 21.0. The lowest BCUT2D eigenvalue weighted by Gasteiger charge is -2.34. The van der Waals surface area contributed by atoms with Crippen LogP contribution in [0.25, 0.3) is 11.0 Å². The number of amides is 2. The first-order valence-corrected chi connectivity index (χ1v) is 11.5. The number of para-hydroxylation sites is 2. The van der Waals surface area contributed by atoms with Gasteiger partial charge in [0.2, 0.25) is 11.8 Å². The molecule has 0 saturated heterocycles. The van der Waals surface area contributed by atoms with E-state index < -0.39 is 29.2 Å². The van der Waals surface area contributed by atoms with E-state index in [0.717, 1.165) is 0 Å². The van der Waals surface area contributed by atoms with Crippen LogP contribution in [0, 0.1) is 5.82 Å². The van der Waals surface area contributed by atoms with Gasteiger partial charge in [-0.05, 0) is 50.1 Å². The highest BCUT2D eigenvalue weighted by Crippen LogP contribution is 2.31. The Morgan fingerprint density at radius 2 is 1.66 bits per heavy atom. The van der Waals surface area contributed by atoms with E-state index in [2.05, 4.69) is 15.6 Å². The lowest BCUT2D eigenvalue weighted by Crippen LogP contribution is -2.51. The first kappa shape index (κ1) is 24.1. The number of fused-ring (bicyclic) bond motifs is 1. The van der Waals surface area contributed by atoms with Crippen molar-refractivity contribution in [3.63, 3.8) is 0 Å². The Kier molecular flexibility index (Phi) is 6.91. The van der Waals surface area contributed by atoms with E-state index in [1.165, 1.54) is 21.7 Å². The number of carbonyl (C=O) groups excluding carboxylic acids is 2. The summed E-state index contributed by atoms with van der Waals surface area (Å²) >= 11 is 0. The largest absolute Gasteiger partial charge is 0.349 e. The first-order valence-electron chi connectivity index (χ1n) is 11.5. The van der Waals surface area contributed by atoms with Crippen molar-refractivity contribution >= 4 is 28.5 Å². The van der Waals surface area contributed by atoms with Crippen molar-refractivity contribution in [2.75, 3.05) is 4.90 Å². The van der Waals surface area contributed by atoms with E-state index in [1.807, 2.05) is 39.0 Å². The van der Waals surface area contributed by atoms with Gasteiger partial charge in [-0.3, -0.25) is 14.5 Å². The number of carbonyl (C=O) groups is 2. The Morgan fingerprint density at radius 3 is 2.37 bits per heavy atom. The number of hydrogen-bond acceptors (Lipinski definition) is 4. The van der Waals surface area contributed by atoms with E-state index in [1.54, 1.807) is 48.5 Å². The molecule has 35 heavy (non-hydrogen) atoms. The summed E-state index contributed by atoms with van der Waals surface area (Å²) in [4.78, 5) is 28.8. The standard InChI is InChI=1S/C27H28FN5O2/c1-4-27(2,3)29-26(35)25(19-12-6-5-7-13-19)33(22-16-10-8-14-20(22)28)24(34)18-32-23-17-11-9-15-21(23)30-31-32/h5-17,25H,4,18H2,1-3H3,(H,29,35)/t25-/m1/s1. The summed E-state index contributed by atoms with van der Waals surface area (Å²) in [5.74, 6) is -1.50. The van der Waals surface area contributed by atoms with Crippen molar-refractivity contribution in [1.29, 1.82) is 0 Å². The summed E-state index contributed by atoms with van der Waals surface area (Å²) in [6.07, 6.45) is 0.679. The van der Waals surface area contributed by atoms with Crippen LogP contribution in [0.15, 0.2) is 78.9 Å². The second-order valence-corrected chi connectivity index (χ2v) is 8.99. The summed E-state index contributed by atoms with van der Waals surface area (Å²) in [5, 5.41) is 11.2. The van der Waals surface area contributed by atoms with Crippen molar-refractivity contribution in [2.24, 2.45) is 0 Å². The molecule has 0 radical (unpaired) electrons. The minimum atomic E-state index is -1.10. The van der Waals surface area contributed by atoms with Gasteiger partial charge in [-0.2, -0.15) is 0 Å². The van der Waals surface area contributed by atoms with Gasteiger partial charge in [0.15, 0.2) is 0 Å². The highest BCUT2D eigenvalue weighted by Gasteiger charge is 2.36. The van der Waals surface area contributed by atoms with Gasteiger partial charge in [-0.1, -0.05) is 66.7 Å². The van der Waals surface area contributed by atoms with Crippen LogP contribution in [0.3, 0.4) is 0 Å². The molecule has 0 aliphatic heterocycles. The number of nitrogens with one attached hydrogen (secondary N) is 1. The third-order valence-corrected chi connectivity index (χ3v) is 6.05. The number of halogens is 1. The van der Waals surface area contributed by atoms with E-state index >= 15 is 4.39 Å². The minimum absolute atomic E-state index is 0.0141. The molecule has 1 N–H and O–H groups in total. The predicted octanol–water partition coefficient (Wildman–Crippen LogP) is 4.65. The van der Waals surface area contributed by atoms with Crippen molar-refractivity contribution in [2.45, 2.75) is 45.3 Å². The predicted molar refractivity (Wildman–Crippen MR) is 133 cm³/mol. The Labute approximate surface area is 203 Å². The van der Waals surface area contributed by atoms with Gasteiger partial charge in [0, 0.05) is 5.54 Å². The zero-order valence-corrected chi connectivity index (χ0v) is 20.0. The minimum Gasteiger partial charge on any atom is -0.349 e. The number of aromatic nitrogens is 3. The second-order valence-electron chi connectivity index (χ2n) is 8.99. The quantitative estimate of drug-likeness (QED) is 0.404. The Bertz CT molecular complexity index is 1340. The molecule has 1 atom stereocenters. The highest BCUT2D eigenvalue weighted by molar-refractivity contribution is 6.01. The van der Waals surface area contributed by atoms with E-state index in [4.69, 9.17) is 0 Å². The topological polar surface area (TPSA) is 80.1 Å². The molecule has 0 bridgehead atoms. The number of anilines is 1. The summed E-state index contributed by atoms with van der Waals surface area (Å²) in [6.45, 7) is 5.56. The van der Waals surface area contributed by atoms with Gasteiger partial charge in [0.05, 0.1) is 11.2 Å². The Morgan fingerprint density at radius 1 is 1.00 bits per heavy atom. The lowest BCUT2D eigenvalue weighted by atomic mass is 9.98. The third kappa shape index (κ3) is 5.21. The number of benzene rings is 3. The van der Waals surface area contributed by atoms with Gasteiger partial charge in [0.25, 0.3) is 0 Å². The molecule has 4 aromatic rings. The molecular formula is C27H28FN5O2. The molecule has 1 heterocycles. The molecule has 180 valence electrons. The lowest BCUT2D eigenvalue weighted by molar-refractivity contribution is -0.128. The van der Waals surface area contributed by atoms with Gasteiger partial charge < -0.3 is 5.32 Å². The first-order chi connectivity index (χ1) is 16.8. The average molecular weight is 474 g/mol. The molecule has 1 aromatic heterocycles. The van der Waals surface area contributed by atoms with Crippen LogP contribution < -0.4 is 10.2 Å². The van der Waals surface area contributed by atoms with Crippen molar-refractivity contribution in [3.05, 3.63) is 90.2 Å². The molecule has 2 amide bonds. The van der Waals surface area contributed by atoms with Crippen molar-refractivity contribution < 1.29 is 14.0 Å². The van der Waals surface area contributed by atoms with Gasteiger partial charge in [-0.25, -0.2) is 9.07 Å². The Balaban J connectivity index is 1.82. The second kappa shape index (κ2) is 10.0. The van der Waals surface area contributed by atoms with E-state index in [-0.39, 0.29) is 12.2 Å². The Hall–Kier alpha value is -4.07. The van der Waals surface area contributed by atoms with Crippen LogP contribution in [-0.2, 0) is 16.1 Å². The molecule has 4 rings (SSSR count). The molecule has 3 aromatic carbocycles. The third-order valence-electron chi connectivity index (χ3n) is 6.05. The summed E-state index contributed by atoms with van der Waals surface area (Å²) in [5.41, 5.74) is 1.37. The number of nitrogens with zero attached hydrogens (tertiary/aromatic N) is 4. The molecule has 0 saturated carbocycles. The van der Waals surface area contributed by atoms with E-state index in [0.29, 0.717) is 23.0 Å². The highest BCUT2D eigenvalue weighted by atomic mass is 19.1. The molecule has 0 unspecified atom stereocenters. The maximum Gasteiger partial charge on any atom is 0.249 e. The van der Waals surface area contributed by atoms with Gasteiger partial charge in [0.1, 0.15) is 23.9 Å². The monoisotopic (exact) mass is 473 g/mol. The van der Waals surface area contributed by atoms with Crippen LogP contribution in [0.4, 0.5) is 10.1 Å². The van der Waals surface area contributed by atoms with Crippen molar-refractivity contribution in [3.8, 4) is 0 Å². The molecule has 8 heteroatoms. The molecule has 0 spiro atoms. The number of hydrogen-bond donors (Lipinski definition) is 1. The average Bonchev–Trinajstić information content (AvgIpc) is 3.26. The fourth-order valence-electron chi connectivity index (χ4n) is 3.85. The van der Waals surface area contributed by atoms with Gasteiger partial charge in [-0.15, -0.1) is 5.10 Å². The molecule has 0 aliphatic rings. The van der Waals surface area contributed by atoms with Gasteiger partial charge >= 0.3 is 0 Å². The van der Waals surface area contributed by atoms with Crippen LogP contribution in [0.5, 0.6) is 0 Å². The fraction of sp³-hybridized carbons (Fsp3) is 0.259. The zero-order chi connectivity index (χ0) is 25.0. The normalized spacial score (nSPS) is 12.3. The van der Waals surface area contributed by atoms with Crippen LogP contribution in [0.1, 0.15) is 38.8 Å². The summed E-state index contributed by atoms with van der Waals surface area (Å²) < 4.78 is 16.6. The molecular weight excluding hydrogens is 445 g/mol. The zero-order valence-electron chi connectivity index (χ0n) is 20.0. The summed E-state index contributed by atoms with van der Waals surface area (Å²) in [7, 11) is 0. The molecule has 7 nitrogen and oxygen atoms in total. The maximum absolute atomic E-state index is 15.1. The molecule has 0 fully saturated rings. The molecule has 0 aliphatic carbocycles. The van der Waals surface area contributed by atoms with E-state index in [9.17, 15) is 9.59 Å². The van der Waals surface area contributed by atoms with Crippen LogP contribution >= 0.6 is 0 Å². The maximum atomic E-state index is 15.1. The van der Waals surface area contributed by atoms with Crippen molar-refractivity contribution in [1.82, 2.24) is 20.3 Å². The fourth-order valence-corrected chi connectivity index (χ4v) is 3.85. The number of rotatable bonds is 8. The van der Waals surface area contributed by atoms with Crippen LogP contribution in [0.2, 0.25) is 0 Å². The van der Waals surface area contributed by atoms with Crippen LogP contribution in [-0.4, -0.2) is 32.3 Å². The SMILES string of the molecule is CCC(C)(C)NC(=O)[C@@H](c1ccccc1)N(C(=O)Cn1nnc2ccccc21)c1ccccc1F. The smallest absolute Gasteiger partial charge is 0.249 e.